The van der Waals surface area contributed by atoms with Crippen LogP contribution in [0.4, 0.5) is 0 Å². The van der Waals surface area contributed by atoms with Crippen LogP contribution in [0.1, 0.15) is 34.3 Å². The third-order valence-electron chi connectivity index (χ3n) is 4.20. The number of carbonyl (C=O) groups excluding carboxylic acids is 1. The molecule has 6 heteroatoms. The zero-order valence-electron chi connectivity index (χ0n) is 14.2. The van der Waals surface area contributed by atoms with Crippen LogP contribution in [-0.2, 0) is 10.5 Å². The Bertz CT molecular complexity index is 709. The molecule has 24 heavy (non-hydrogen) atoms. The number of hydrogen-bond acceptors (Lipinski definition) is 5. The molecule has 0 spiro atoms. The van der Waals surface area contributed by atoms with Gasteiger partial charge in [-0.1, -0.05) is 17.3 Å². The van der Waals surface area contributed by atoms with Crippen LogP contribution in [0.25, 0.3) is 0 Å². The maximum Gasteiger partial charge on any atom is 0.255 e. The van der Waals surface area contributed by atoms with Crippen LogP contribution in [0, 0.1) is 13.8 Å². The third kappa shape index (κ3) is 3.65. The SMILES string of the molecule is Cc1noc(C)c1CSc1ccccc1C(=O)N1CCO[C@H](C)C1. The molecule has 0 aliphatic carbocycles. The van der Waals surface area contributed by atoms with E-state index in [1.54, 1.807) is 11.8 Å². The number of benzene rings is 1. The quantitative estimate of drug-likeness (QED) is 0.794. The predicted octanol–water partition coefficient (Wildman–Crippen LogP) is 3.44. The number of ether oxygens (including phenoxy) is 1. The van der Waals surface area contributed by atoms with E-state index in [0.29, 0.717) is 19.7 Å². The van der Waals surface area contributed by atoms with Crippen LogP contribution in [0.5, 0.6) is 0 Å². The number of amides is 1. The third-order valence-corrected chi connectivity index (χ3v) is 5.30. The van der Waals surface area contributed by atoms with Crippen molar-refractivity contribution in [3.05, 3.63) is 46.8 Å². The van der Waals surface area contributed by atoms with E-state index in [1.807, 2.05) is 49.9 Å². The molecule has 2 heterocycles. The standard InChI is InChI=1S/C18H22N2O3S/c1-12-10-20(8-9-22-12)18(21)15-6-4-5-7-17(15)24-11-16-13(2)19-23-14(16)3/h4-7,12H,8-11H2,1-3H3/t12-/m1/s1. The summed E-state index contributed by atoms with van der Waals surface area (Å²) in [5.74, 6) is 1.66. The zero-order valence-corrected chi connectivity index (χ0v) is 15.1. The molecule has 1 aromatic carbocycles. The molecule has 1 saturated heterocycles. The number of aryl methyl sites for hydroxylation is 2. The van der Waals surface area contributed by atoms with E-state index in [-0.39, 0.29) is 12.0 Å². The Kier molecular flexibility index (Phi) is 5.26. The van der Waals surface area contributed by atoms with Crippen LogP contribution >= 0.6 is 11.8 Å². The summed E-state index contributed by atoms with van der Waals surface area (Å²) in [4.78, 5) is 15.8. The monoisotopic (exact) mass is 346 g/mol. The summed E-state index contributed by atoms with van der Waals surface area (Å²) in [6.45, 7) is 7.74. The maximum atomic E-state index is 12.9. The van der Waals surface area contributed by atoms with Crippen LogP contribution in [-0.4, -0.2) is 41.8 Å². The second-order valence-electron chi connectivity index (χ2n) is 6.02. The molecule has 0 unspecified atom stereocenters. The van der Waals surface area contributed by atoms with Gasteiger partial charge >= 0.3 is 0 Å². The number of aromatic nitrogens is 1. The molecule has 0 radical (unpaired) electrons. The van der Waals surface area contributed by atoms with E-state index in [1.165, 1.54) is 0 Å². The molecule has 128 valence electrons. The van der Waals surface area contributed by atoms with Gasteiger partial charge < -0.3 is 14.2 Å². The van der Waals surface area contributed by atoms with Gasteiger partial charge in [0.05, 0.1) is 24.0 Å². The molecule has 1 aliphatic heterocycles. The van der Waals surface area contributed by atoms with Gasteiger partial charge in [-0.15, -0.1) is 11.8 Å². The van der Waals surface area contributed by atoms with Crippen molar-refractivity contribution in [2.45, 2.75) is 37.5 Å². The number of rotatable bonds is 4. The predicted molar refractivity (Wildman–Crippen MR) is 93.3 cm³/mol. The average molecular weight is 346 g/mol. The summed E-state index contributed by atoms with van der Waals surface area (Å²) in [5.41, 5.74) is 2.76. The van der Waals surface area contributed by atoms with Crippen LogP contribution in [0.3, 0.4) is 0 Å². The first-order valence-electron chi connectivity index (χ1n) is 8.10. The highest BCUT2D eigenvalue weighted by atomic mass is 32.2. The normalized spacial score (nSPS) is 18.0. The highest BCUT2D eigenvalue weighted by Crippen LogP contribution is 2.29. The number of thioether (sulfide) groups is 1. The van der Waals surface area contributed by atoms with Crippen molar-refractivity contribution in [1.82, 2.24) is 10.1 Å². The van der Waals surface area contributed by atoms with Gasteiger partial charge in [-0.05, 0) is 32.9 Å². The second-order valence-corrected chi connectivity index (χ2v) is 7.04. The zero-order chi connectivity index (χ0) is 17.1. The van der Waals surface area contributed by atoms with E-state index in [9.17, 15) is 4.79 Å². The van der Waals surface area contributed by atoms with Gasteiger partial charge in [0.15, 0.2) is 0 Å². The van der Waals surface area contributed by atoms with Gasteiger partial charge in [-0.3, -0.25) is 4.79 Å². The van der Waals surface area contributed by atoms with Crippen molar-refractivity contribution in [3.63, 3.8) is 0 Å². The van der Waals surface area contributed by atoms with Crippen molar-refractivity contribution >= 4 is 17.7 Å². The van der Waals surface area contributed by atoms with Gasteiger partial charge in [0.1, 0.15) is 5.76 Å². The summed E-state index contributed by atoms with van der Waals surface area (Å²) in [5, 5.41) is 3.99. The van der Waals surface area contributed by atoms with Crippen molar-refractivity contribution in [1.29, 1.82) is 0 Å². The second kappa shape index (κ2) is 7.40. The first-order chi connectivity index (χ1) is 11.6. The number of morpholine rings is 1. The van der Waals surface area contributed by atoms with Crippen molar-refractivity contribution in [2.75, 3.05) is 19.7 Å². The molecule has 1 atom stereocenters. The van der Waals surface area contributed by atoms with Crippen molar-refractivity contribution < 1.29 is 14.1 Å². The fraction of sp³-hybridized carbons (Fsp3) is 0.444. The van der Waals surface area contributed by atoms with Gasteiger partial charge in [0.25, 0.3) is 5.91 Å². The Morgan fingerprint density at radius 3 is 2.88 bits per heavy atom. The molecule has 0 bridgehead atoms. The summed E-state index contributed by atoms with van der Waals surface area (Å²) < 4.78 is 10.7. The van der Waals surface area contributed by atoms with Crippen LogP contribution in [0.2, 0.25) is 0 Å². The van der Waals surface area contributed by atoms with E-state index in [0.717, 1.165) is 33.2 Å². The summed E-state index contributed by atoms with van der Waals surface area (Å²) in [6, 6.07) is 7.78. The Balaban J connectivity index is 1.76. The van der Waals surface area contributed by atoms with Crippen LogP contribution < -0.4 is 0 Å². The molecule has 1 aromatic heterocycles. The summed E-state index contributed by atoms with van der Waals surface area (Å²) in [7, 11) is 0. The Morgan fingerprint density at radius 2 is 2.17 bits per heavy atom. The topological polar surface area (TPSA) is 55.6 Å². The molecular weight excluding hydrogens is 324 g/mol. The molecule has 0 saturated carbocycles. The van der Waals surface area contributed by atoms with Gasteiger partial charge in [0.2, 0.25) is 0 Å². The fourth-order valence-electron chi connectivity index (χ4n) is 2.80. The summed E-state index contributed by atoms with van der Waals surface area (Å²) in [6.07, 6.45) is 0.0878. The lowest BCUT2D eigenvalue weighted by Crippen LogP contribution is -2.44. The molecule has 2 aromatic rings. The van der Waals surface area contributed by atoms with Crippen LogP contribution in [0.15, 0.2) is 33.7 Å². The minimum absolute atomic E-state index is 0.0759. The number of hydrogen-bond donors (Lipinski definition) is 0. The smallest absolute Gasteiger partial charge is 0.255 e. The first kappa shape index (κ1) is 17.0. The van der Waals surface area contributed by atoms with Gasteiger partial charge in [-0.25, -0.2) is 0 Å². The lowest BCUT2D eigenvalue weighted by Gasteiger charge is -2.31. The molecule has 1 aliphatic rings. The van der Waals surface area contributed by atoms with Gasteiger partial charge in [0, 0.05) is 29.3 Å². The highest BCUT2D eigenvalue weighted by Gasteiger charge is 2.24. The highest BCUT2D eigenvalue weighted by molar-refractivity contribution is 7.98. The minimum Gasteiger partial charge on any atom is -0.375 e. The Hall–Kier alpha value is -1.79. The maximum absolute atomic E-state index is 12.9. The van der Waals surface area contributed by atoms with Crippen molar-refractivity contribution in [2.24, 2.45) is 0 Å². The van der Waals surface area contributed by atoms with Gasteiger partial charge in [-0.2, -0.15) is 0 Å². The van der Waals surface area contributed by atoms with E-state index in [4.69, 9.17) is 9.26 Å². The first-order valence-corrected chi connectivity index (χ1v) is 9.09. The van der Waals surface area contributed by atoms with E-state index in [2.05, 4.69) is 5.16 Å². The molecule has 3 rings (SSSR count). The number of carbonyl (C=O) groups is 1. The Labute approximate surface area is 146 Å². The van der Waals surface area contributed by atoms with E-state index >= 15 is 0 Å². The largest absolute Gasteiger partial charge is 0.375 e. The number of nitrogens with zero attached hydrogens (tertiary/aromatic N) is 2. The summed E-state index contributed by atoms with van der Waals surface area (Å²) >= 11 is 1.65. The Morgan fingerprint density at radius 1 is 1.38 bits per heavy atom. The molecule has 5 nitrogen and oxygen atoms in total. The lowest BCUT2D eigenvalue weighted by molar-refractivity contribution is -0.0125. The molecule has 1 amide bonds. The minimum atomic E-state index is 0.0759. The van der Waals surface area contributed by atoms with Crippen molar-refractivity contribution in [3.8, 4) is 0 Å². The van der Waals surface area contributed by atoms with E-state index < -0.39 is 0 Å². The molecular formula is C18H22N2O3S. The lowest BCUT2D eigenvalue weighted by atomic mass is 10.1. The molecule has 1 fully saturated rings. The fourth-order valence-corrected chi connectivity index (χ4v) is 4.00. The molecule has 0 N–H and O–H groups in total. The average Bonchev–Trinajstić information content (AvgIpc) is 2.91.